The van der Waals surface area contributed by atoms with Crippen molar-refractivity contribution in [2.75, 3.05) is 26.6 Å². The number of aliphatic carboxylic acids is 1. The van der Waals surface area contributed by atoms with Crippen LogP contribution in [0.4, 0.5) is 5.69 Å². The number of carboxylic acid groups (broad SMARTS) is 1. The SMILES string of the molecule is CN[C@H]1CC[C@]23c4c1cc(OC)c(OC)c4O[C@H]2c1c(-c2cccc(O)c2)cc2c(c1O[C@H]3O)N[C@H]1C=C[C@@]3(C(=O)O)O[C@@]1(O2)[C@H](O)[C@@H](O)[C@@H]3O. The first kappa shape index (κ1) is 32.2. The minimum absolute atomic E-state index is 0.0121. The molecule has 8 N–H and O–H groups in total. The summed E-state index contributed by atoms with van der Waals surface area (Å²) in [7, 11) is 4.91. The fourth-order valence-corrected chi connectivity index (χ4v) is 9.03. The largest absolute Gasteiger partial charge is 0.508 e. The van der Waals surface area contributed by atoms with Gasteiger partial charge < -0.3 is 69.7 Å². The summed E-state index contributed by atoms with van der Waals surface area (Å²) in [5.74, 6) is -2.47. The molecule has 0 saturated carbocycles. The van der Waals surface area contributed by atoms with Gasteiger partial charge in [-0.2, -0.15) is 0 Å². The van der Waals surface area contributed by atoms with E-state index in [4.69, 9.17) is 28.4 Å². The van der Waals surface area contributed by atoms with E-state index in [0.29, 0.717) is 46.8 Å². The summed E-state index contributed by atoms with van der Waals surface area (Å²) in [6.45, 7) is 0. The minimum Gasteiger partial charge on any atom is -0.508 e. The van der Waals surface area contributed by atoms with Crippen LogP contribution in [0.25, 0.3) is 11.1 Å². The molecule has 0 radical (unpaired) electrons. The van der Waals surface area contributed by atoms with E-state index < -0.39 is 59.5 Å². The molecule has 1 aliphatic carbocycles. The summed E-state index contributed by atoms with van der Waals surface area (Å²) in [5.41, 5.74) is -0.223. The van der Waals surface area contributed by atoms with Crippen molar-refractivity contribution < 1.29 is 63.9 Å². The highest BCUT2D eigenvalue weighted by molar-refractivity contribution is 5.86. The molecule has 5 heterocycles. The Bertz CT molecular complexity index is 2040. The first-order valence-corrected chi connectivity index (χ1v) is 16.6. The number of nitrogens with one attached hydrogen (secondary N) is 2. The van der Waals surface area contributed by atoms with Gasteiger partial charge in [-0.15, -0.1) is 0 Å². The van der Waals surface area contributed by atoms with Gasteiger partial charge in [-0.3, -0.25) is 0 Å². The second-order valence-corrected chi connectivity index (χ2v) is 13.8. The number of hydrogen-bond donors (Lipinski definition) is 8. The van der Waals surface area contributed by atoms with E-state index in [2.05, 4.69) is 10.6 Å². The normalized spacial score (nSPS) is 36.0. The summed E-state index contributed by atoms with van der Waals surface area (Å²) in [6, 6.07) is 8.78. The van der Waals surface area contributed by atoms with Gasteiger partial charge in [0.25, 0.3) is 5.79 Å². The highest BCUT2D eigenvalue weighted by Crippen LogP contribution is 2.69. The van der Waals surface area contributed by atoms with Gasteiger partial charge in [0, 0.05) is 17.2 Å². The van der Waals surface area contributed by atoms with Gasteiger partial charge in [0.2, 0.25) is 17.6 Å². The Hall–Kier alpha value is -4.77. The lowest BCUT2D eigenvalue weighted by Crippen LogP contribution is -2.79. The molecule has 15 heteroatoms. The monoisotopic (exact) mass is 704 g/mol. The number of fused-ring (bicyclic) bond motifs is 5. The van der Waals surface area contributed by atoms with Crippen molar-refractivity contribution in [2.45, 2.75) is 72.4 Å². The summed E-state index contributed by atoms with van der Waals surface area (Å²) in [6.07, 6.45) is -4.65. The van der Waals surface area contributed by atoms with Crippen molar-refractivity contribution in [2.24, 2.45) is 0 Å². The van der Waals surface area contributed by atoms with Crippen molar-refractivity contribution in [3.8, 4) is 45.6 Å². The first-order chi connectivity index (χ1) is 24.4. The fourth-order valence-electron chi connectivity index (χ4n) is 9.03. The zero-order chi connectivity index (χ0) is 35.8. The molecule has 1 saturated heterocycles. The summed E-state index contributed by atoms with van der Waals surface area (Å²) < 4.78 is 37.4. The Labute approximate surface area is 290 Å². The molecular formula is C36H36N2O13. The van der Waals surface area contributed by atoms with Gasteiger partial charge in [0.1, 0.15) is 41.2 Å². The van der Waals surface area contributed by atoms with E-state index in [0.717, 1.165) is 17.2 Å². The topological polar surface area (TPSA) is 218 Å². The van der Waals surface area contributed by atoms with E-state index in [1.807, 2.05) is 13.1 Å². The third kappa shape index (κ3) is 3.85. The number of phenolic OH excluding ortho intramolecular Hbond substituents is 1. The maximum Gasteiger partial charge on any atom is 0.343 e. The molecule has 9 rings (SSSR count). The van der Waals surface area contributed by atoms with Crippen molar-refractivity contribution in [3.05, 3.63) is 65.2 Å². The molecule has 51 heavy (non-hydrogen) atoms. The third-order valence-corrected chi connectivity index (χ3v) is 11.5. The van der Waals surface area contributed by atoms with Gasteiger partial charge >= 0.3 is 5.97 Å². The Morgan fingerprint density at radius 1 is 1.04 bits per heavy atom. The van der Waals surface area contributed by atoms with Crippen LogP contribution in [-0.4, -0.2) is 99.9 Å². The molecule has 2 bridgehead atoms. The van der Waals surface area contributed by atoms with Crippen LogP contribution in [0.5, 0.6) is 34.5 Å². The molecule has 0 aromatic heterocycles. The molecular weight excluding hydrogens is 668 g/mol. The third-order valence-electron chi connectivity index (χ3n) is 11.5. The average Bonchev–Trinajstić information content (AvgIpc) is 3.49. The molecule has 5 aliphatic heterocycles. The van der Waals surface area contributed by atoms with E-state index in [1.54, 1.807) is 18.2 Å². The standard InChI is InChI=1S/C36H36N2O13/c1-37-18-7-9-34-23-17(18)13-20(46-2)26(47-3)28(23)48-31(34)22-16(14-5-4-6-15(39)11-14)12-19-24(27(22)49-33(34)45)38-21-8-10-35(32(43)44)29(41)25(40)30(42)36(21,50-19)51-35/h4-6,8,10-13,18,21,25,29-31,33,37-42,45H,7,9H2,1-3H3,(H,43,44)/t18-,21-,25-,29-,30+,31-,33+,34-,35+,36+/m0/s1. The Balaban J connectivity index is 1.29. The van der Waals surface area contributed by atoms with E-state index in [-0.39, 0.29) is 29.0 Å². The highest BCUT2D eigenvalue weighted by Gasteiger charge is 2.71. The number of phenols is 1. The van der Waals surface area contributed by atoms with Crippen LogP contribution in [0.15, 0.2) is 48.6 Å². The molecule has 0 amide bonds. The Kier molecular flexibility index (Phi) is 6.70. The lowest BCUT2D eigenvalue weighted by molar-refractivity contribution is -0.356. The number of aliphatic hydroxyl groups excluding tert-OH is 4. The zero-order valence-electron chi connectivity index (χ0n) is 27.6. The summed E-state index contributed by atoms with van der Waals surface area (Å²) in [5, 5.41) is 72.6. The maximum atomic E-state index is 12.5. The van der Waals surface area contributed by atoms with Crippen LogP contribution in [-0.2, 0) is 14.9 Å². The number of hydrogen-bond acceptors (Lipinski definition) is 14. The van der Waals surface area contributed by atoms with Crippen molar-refractivity contribution in [1.82, 2.24) is 5.32 Å². The maximum absolute atomic E-state index is 12.5. The second-order valence-electron chi connectivity index (χ2n) is 13.8. The van der Waals surface area contributed by atoms with Crippen molar-refractivity contribution in [1.29, 1.82) is 0 Å². The molecule has 2 spiro atoms. The molecule has 268 valence electrons. The number of benzene rings is 3. The van der Waals surface area contributed by atoms with Crippen LogP contribution in [0, 0.1) is 0 Å². The van der Waals surface area contributed by atoms with E-state index in [1.165, 1.54) is 32.4 Å². The molecule has 3 aromatic rings. The number of aliphatic hydroxyl groups is 4. The predicted molar refractivity (Wildman–Crippen MR) is 175 cm³/mol. The summed E-state index contributed by atoms with van der Waals surface area (Å²) in [4.78, 5) is 12.5. The minimum atomic E-state index is -2.43. The molecule has 0 unspecified atom stereocenters. The fraction of sp³-hybridized carbons (Fsp3) is 0.417. The molecule has 10 atom stereocenters. The number of ether oxygens (including phenoxy) is 6. The number of methoxy groups -OCH3 is 2. The summed E-state index contributed by atoms with van der Waals surface area (Å²) >= 11 is 0. The van der Waals surface area contributed by atoms with Gasteiger partial charge in [-0.25, -0.2) is 4.79 Å². The Morgan fingerprint density at radius 3 is 2.55 bits per heavy atom. The van der Waals surface area contributed by atoms with Gasteiger partial charge in [0.05, 0.1) is 14.2 Å². The number of carbonyl (C=O) groups is 1. The number of anilines is 1. The number of aromatic hydroxyl groups is 1. The molecule has 15 nitrogen and oxygen atoms in total. The number of carboxylic acids is 1. The number of rotatable bonds is 5. The Morgan fingerprint density at radius 2 is 1.84 bits per heavy atom. The van der Waals surface area contributed by atoms with E-state index >= 15 is 0 Å². The zero-order valence-corrected chi connectivity index (χ0v) is 27.6. The van der Waals surface area contributed by atoms with E-state index in [9.17, 15) is 35.4 Å². The molecule has 3 aromatic carbocycles. The average molecular weight is 705 g/mol. The quantitative estimate of drug-likeness (QED) is 0.177. The molecule has 6 aliphatic rings. The van der Waals surface area contributed by atoms with Crippen molar-refractivity contribution in [3.63, 3.8) is 0 Å². The van der Waals surface area contributed by atoms with Crippen LogP contribution in [0.1, 0.15) is 41.7 Å². The predicted octanol–water partition coefficient (Wildman–Crippen LogP) is 1.59. The molecule has 1 fully saturated rings. The smallest absolute Gasteiger partial charge is 0.343 e. The van der Waals surface area contributed by atoms with Crippen molar-refractivity contribution >= 4 is 11.7 Å². The second kappa shape index (κ2) is 10.6. The van der Waals surface area contributed by atoms with Crippen LogP contribution in [0.2, 0.25) is 0 Å². The van der Waals surface area contributed by atoms with Crippen LogP contribution >= 0.6 is 0 Å². The first-order valence-electron chi connectivity index (χ1n) is 16.6. The van der Waals surface area contributed by atoms with Gasteiger partial charge in [-0.1, -0.05) is 18.2 Å². The van der Waals surface area contributed by atoms with Gasteiger partial charge in [-0.05, 0) is 66.9 Å². The van der Waals surface area contributed by atoms with Crippen LogP contribution in [0.3, 0.4) is 0 Å². The van der Waals surface area contributed by atoms with Gasteiger partial charge in [0.15, 0.2) is 29.1 Å². The highest BCUT2D eigenvalue weighted by atomic mass is 16.7. The lowest BCUT2D eigenvalue weighted by Gasteiger charge is -2.57. The lowest BCUT2D eigenvalue weighted by atomic mass is 9.63. The van der Waals surface area contributed by atoms with Crippen LogP contribution < -0.4 is 34.3 Å².